The molecule has 0 atom stereocenters. The number of primary amides is 1. The Morgan fingerprint density at radius 1 is 1.80 bits per heavy atom. The summed E-state index contributed by atoms with van der Waals surface area (Å²) in [5.41, 5.74) is 5.68. The van der Waals surface area contributed by atoms with Crippen LogP contribution in [0.15, 0.2) is 9.85 Å². The molecule has 1 amide bonds. The van der Waals surface area contributed by atoms with Crippen molar-refractivity contribution in [3.05, 3.63) is 20.3 Å². The largest absolute Gasteiger partial charge is 0.366 e. The molecule has 0 unspecified atom stereocenters. The van der Waals surface area contributed by atoms with Gasteiger partial charge in [-0.15, -0.1) is 11.3 Å². The van der Waals surface area contributed by atoms with E-state index in [0.29, 0.717) is 5.56 Å². The molecule has 0 aliphatic carbocycles. The second-order valence-electron chi connectivity index (χ2n) is 1.88. The number of hydrogen-bond acceptors (Lipinski definition) is 2. The lowest BCUT2D eigenvalue weighted by atomic mass is 10.3. The fraction of sp³-hybridized carbons (Fsp3) is 0.167. The van der Waals surface area contributed by atoms with Gasteiger partial charge in [-0.2, -0.15) is 0 Å². The maximum absolute atomic E-state index is 10.6. The molecule has 0 saturated heterocycles. The summed E-state index contributed by atoms with van der Waals surface area (Å²) in [6.07, 6.45) is 0. The van der Waals surface area contributed by atoms with E-state index < -0.39 is 0 Å². The molecule has 1 aromatic heterocycles. The molecule has 4 heteroatoms. The number of aryl methyl sites for hydroxylation is 1. The Morgan fingerprint density at radius 3 is 2.60 bits per heavy atom. The van der Waals surface area contributed by atoms with Gasteiger partial charge in [-0.3, -0.25) is 4.79 Å². The van der Waals surface area contributed by atoms with E-state index in [9.17, 15) is 4.79 Å². The van der Waals surface area contributed by atoms with Crippen LogP contribution in [0.5, 0.6) is 0 Å². The third-order valence-electron chi connectivity index (χ3n) is 1.15. The van der Waals surface area contributed by atoms with E-state index in [0.717, 1.165) is 8.66 Å². The molecule has 1 heterocycles. The van der Waals surface area contributed by atoms with Crippen molar-refractivity contribution in [3.8, 4) is 0 Å². The van der Waals surface area contributed by atoms with Gasteiger partial charge in [-0.25, -0.2) is 0 Å². The van der Waals surface area contributed by atoms with Crippen LogP contribution >= 0.6 is 27.3 Å². The maximum Gasteiger partial charge on any atom is 0.249 e. The van der Waals surface area contributed by atoms with Crippen LogP contribution in [0.2, 0.25) is 0 Å². The van der Waals surface area contributed by atoms with Gasteiger partial charge >= 0.3 is 0 Å². The lowest BCUT2D eigenvalue weighted by Gasteiger charge is -1.87. The minimum atomic E-state index is -0.362. The van der Waals surface area contributed by atoms with Crippen molar-refractivity contribution in [2.75, 3.05) is 0 Å². The molecule has 0 aliphatic rings. The van der Waals surface area contributed by atoms with Crippen molar-refractivity contribution in [1.82, 2.24) is 0 Å². The van der Waals surface area contributed by atoms with Crippen molar-refractivity contribution < 1.29 is 4.79 Å². The van der Waals surface area contributed by atoms with Crippen molar-refractivity contribution in [3.63, 3.8) is 0 Å². The molecule has 0 radical (unpaired) electrons. The van der Waals surface area contributed by atoms with Crippen LogP contribution in [0.4, 0.5) is 0 Å². The lowest BCUT2D eigenvalue weighted by molar-refractivity contribution is 0.1000. The highest BCUT2D eigenvalue weighted by atomic mass is 79.9. The molecule has 0 fully saturated rings. The molecule has 10 heavy (non-hydrogen) atoms. The molecule has 0 spiro atoms. The van der Waals surface area contributed by atoms with Gasteiger partial charge in [0.15, 0.2) is 0 Å². The summed E-state index contributed by atoms with van der Waals surface area (Å²) >= 11 is 4.78. The van der Waals surface area contributed by atoms with Crippen LogP contribution in [0.3, 0.4) is 0 Å². The smallest absolute Gasteiger partial charge is 0.249 e. The summed E-state index contributed by atoms with van der Waals surface area (Å²) in [5.74, 6) is -0.362. The summed E-state index contributed by atoms with van der Waals surface area (Å²) in [6, 6.07) is 1.74. The minimum Gasteiger partial charge on any atom is -0.366 e. The number of amides is 1. The van der Waals surface area contributed by atoms with Gasteiger partial charge in [0, 0.05) is 4.88 Å². The van der Waals surface area contributed by atoms with Gasteiger partial charge in [0.05, 0.1) is 9.35 Å². The molecule has 0 saturated carbocycles. The standard InChI is InChI=1S/C6H6BrNOS/c1-3-4(6(8)9)2-5(7)10-3/h2H,1H3,(H2,8,9). The van der Waals surface area contributed by atoms with Crippen LogP contribution in [-0.4, -0.2) is 5.91 Å². The Bertz CT molecular complexity index is 269. The third-order valence-corrected chi connectivity index (χ3v) is 2.71. The van der Waals surface area contributed by atoms with Gasteiger partial charge in [-0.1, -0.05) is 0 Å². The van der Waals surface area contributed by atoms with E-state index in [4.69, 9.17) is 5.73 Å². The Hall–Kier alpha value is -0.350. The van der Waals surface area contributed by atoms with Crippen LogP contribution in [0.25, 0.3) is 0 Å². The second kappa shape index (κ2) is 2.72. The Kier molecular flexibility index (Phi) is 2.11. The molecule has 2 N–H and O–H groups in total. The van der Waals surface area contributed by atoms with Crippen molar-refractivity contribution in [1.29, 1.82) is 0 Å². The van der Waals surface area contributed by atoms with Gasteiger partial charge in [-0.05, 0) is 28.9 Å². The fourth-order valence-electron chi connectivity index (χ4n) is 0.690. The van der Waals surface area contributed by atoms with E-state index in [1.165, 1.54) is 11.3 Å². The van der Waals surface area contributed by atoms with Gasteiger partial charge in [0.1, 0.15) is 0 Å². The molecule has 0 bridgehead atoms. The topological polar surface area (TPSA) is 43.1 Å². The SMILES string of the molecule is Cc1sc(Br)cc1C(N)=O. The predicted molar refractivity (Wildman–Crippen MR) is 45.3 cm³/mol. The van der Waals surface area contributed by atoms with E-state index in [1.54, 1.807) is 6.07 Å². The number of hydrogen-bond donors (Lipinski definition) is 1. The summed E-state index contributed by atoms with van der Waals surface area (Å²) < 4.78 is 0.943. The number of carbonyl (C=O) groups is 1. The number of carbonyl (C=O) groups excluding carboxylic acids is 1. The molecule has 1 aromatic rings. The van der Waals surface area contributed by atoms with Gasteiger partial charge < -0.3 is 5.73 Å². The van der Waals surface area contributed by atoms with Gasteiger partial charge in [0.25, 0.3) is 0 Å². The highest BCUT2D eigenvalue weighted by Gasteiger charge is 2.07. The predicted octanol–water partition coefficient (Wildman–Crippen LogP) is 1.92. The highest BCUT2D eigenvalue weighted by molar-refractivity contribution is 9.11. The van der Waals surface area contributed by atoms with Crippen LogP contribution in [-0.2, 0) is 0 Å². The maximum atomic E-state index is 10.6. The zero-order chi connectivity index (χ0) is 7.72. The average Bonchev–Trinajstić information content (AvgIpc) is 2.10. The van der Waals surface area contributed by atoms with E-state index >= 15 is 0 Å². The zero-order valence-corrected chi connectivity index (χ0v) is 7.75. The first-order valence-electron chi connectivity index (χ1n) is 2.67. The van der Waals surface area contributed by atoms with E-state index in [-0.39, 0.29) is 5.91 Å². The summed E-state index contributed by atoms with van der Waals surface area (Å²) in [5, 5.41) is 0. The number of nitrogens with two attached hydrogens (primary N) is 1. The first kappa shape index (κ1) is 7.75. The zero-order valence-electron chi connectivity index (χ0n) is 5.35. The number of rotatable bonds is 1. The number of thiophene rings is 1. The monoisotopic (exact) mass is 219 g/mol. The normalized spacial score (nSPS) is 9.80. The highest BCUT2D eigenvalue weighted by Crippen LogP contribution is 2.25. The van der Waals surface area contributed by atoms with Gasteiger partial charge in [0.2, 0.25) is 5.91 Å². The molecule has 54 valence electrons. The molecular weight excluding hydrogens is 214 g/mol. The van der Waals surface area contributed by atoms with Crippen molar-refractivity contribution in [2.45, 2.75) is 6.92 Å². The molecule has 2 nitrogen and oxygen atoms in total. The quantitative estimate of drug-likeness (QED) is 0.771. The Balaban J connectivity index is 3.15. The Labute approximate surface area is 71.2 Å². The van der Waals surface area contributed by atoms with Crippen molar-refractivity contribution >= 4 is 33.2 Å². The van der Waals surface area contributed by atoms with E-state index in [1.807, 2.05) is 6.92 Å². The van der Waals surface area contributed by atoms with E-state index in [2.05, 4.69) is 15.9 Å². The molecule has 1 rings (SSSR count). The van der Waals surface area contributed by atoms with Crippen LogP contribution < -0.4 is 5.73 Å². The Morgan fingerprint density at radius 2 is 2.40 bits per heavy atom. The fourth-order valence-corrected chi connectivity index (χ4v) is 2.39. The first-order chi connectivity index (χ1) is 4.61. The summed E-state index contributed by atoms with van der Waals surface area (Å²) in [7, 11) is 0. The second-order valence-corrected chi connectivity index (χ2v) is 4.52. The minimum absolute atomic E-state index is 0.362. The third kappa shape index (κ3) is 1.38. The average molecular weight is 220 g/mol. The lowest BCUT2D eigenvalue weighted by Crippen LogP contribution is -2.10. The summed E-state index contributed by atoms with van der Waals surface area (Å²) in [6.45, 7) is 1.87. The summed E-state index contributed by atoms with van der Waals surface area (Å²) in [4.78, 5) is 11.6. The number of halogens is 1. The molecular formula is C6H6BrNOS. The van der Waals surface area contributed by atoms with Crippen LogP contribution in [0, 0.1) is 6.92 Å². The van der Waals surface area contributed by atoms with Crippen molar-refractivity contribution in [2.24, 2.45) is 5.73 Å². The molecule has 0 aromatic carbocycles. The molecule has 0 aliphatic heterocycles. The first-order valence-corrected chi connectivity index (χ1v) is 4.28. The van der Waals surface area contributed by atoms with Crippen LogP contribution in [0.1, 0.15) is 15.2 Å².